The fourth-order valence-corrected chi connectivity index (χ4v) is 3.76. The lowest BCUT2D eigenvalue weighted by molar-refractivity contribution is 0.445. The number of nitrogens with zero attached hydrogens (tertiary/aromatic N) is 1. The van der Waals surface area contributed by atoms with Crippen LogP contribution in [-0.2, 0) is 13.5 Å². The summed E-state index contributed by atoms with van der Waals surface area (Å²) < 4.78 is 2.47. The summed E-state index contributed by atoms with van der Waals surface area (Å²) in [4.78, 5) is 0. The maximum Gasteiger partial charge on any atom is 0.0515 e. The number of rotatable bonds is 2. The Hall–Kier alpha value is -1.28. The third-order valence-electron chi connectivity index (χ3n) is 4.71. The summed E-state index contributed by atoms with van der Waals surface area (Å²) in [5, 5.41) is 4.92. The number of hydrogen-bond donors (Lipinski definition) is 1. The number of para-hydroxylation sites is 1. The van der Waals surface area contributed by atoms with Crippen LogP contribution in [0.1, 0.15) is 42.5 Å². The van der Waals surface area contributed by atoms with Crippen molar-refractivity contribution in [2.24, 2.45) is 7.05 Å². The molecule has 102 valence electrons. The van der Waals surface area contributed by atoms with Crippen molar-refractivity contribution in [3.05, 3.63) is 35.0 Å². The van der Waals surface area contributed by atoms with Crippen LogP contribution in [0, 0.1) is 6.92 Å². The highest BCUT2D eigenvalue weighted by Crippen LogP contribution is 2.35. The summed E-state index contributed by atoms with van der Waals surface area (Å²) in [5.74, 6) is 0.725. The minimum Gasteiger partial charge on any atom is -0.347 e. The monoisotopic (exact) mass is 256 g/mol. The van der Waals surface area contributed by atoms with E-state index >= 15 is 0 Å². The quantitative estimate of drug-likeness (QED) is 0.870. The van der Waals surface area contributed by atoms with Crippen LogP contribution in [0.4, 0.5) is 0 Å². The van der Waals surface area contributed by atoms with Crippen LogP contribution in [0.15, 0.2) is 18.2 Å². The van der Waals surface area contributed by atoms with E-state index in [1.807, 2.05) is 0 Å². The van der Waals surface area contributed by atoms with Gasteiger partial charge in [-0.25, -0.2) is 0 Å². The van der Waals surface area contributed by atoms with Gasteiger partial charge in [-0.15, -0.1) is 0 Å². The van der Waals surface area contributed by atoms with Gasteiger partial charge in [-0.3, -0.25) is 0 Å². The van der Waals surface area contributed by atoms with Gasteiger partial charge in [-0.05, 0) is 50.4 Å². The normalized spacial score (nSPS) is 17.2. The van der Waals surface area contributed by atoms with Gasteiger partial charge in [0.2, 0.25) is 0 Å². The molecule has 1 aromatic heterocycles. The average Bonchev–Trinajstić information content (AvgIpc) is 2.72. The molecule has 0 spiro atoms. The second-order valence-electron chi connectivity index (χ2n) is 5.76. The molecule has 0 radical (unpaired) electrons. The fourth-order valence-electron chi connectivity index (χ4n) is 3.76. The number of aryl methyl sites for hydroxylation is 3. The van der Waals surface area contributed by atoms with Crippen molar-refractivity contribution in [1.82, 2.24) is 9.88 Å². The van der Waals surface area contributed by atoms with Crippen molar-refractivity contribution in [3.8, 4) is 0 Å². The Kier molecular flexibility index (Phi) is 3.36. The van der Waals surface area contributed by atoms with E-state index in [9.17, 15) is 0 Å². The Morgan fingerprint density at radius 2 is 2.00 bits per heavy atom. The van der Waals surface area contributed by atoms with Gasteiger partial charge in [-0.2, -0.15) is 0 Å². The van der Waals surface area contributed by atoms with Gasteiger partial charge in [0.05, 0.1) is 5.52 Å². The summed E-state index contributed by atoms with van der Waals surface area (Å²) in [6, 6.07) is 6.77. The van der Waals surface area contributed by atoms with Gasteiger partial charge in [0.15, 0.2) is 0 Å². The summed E-state index contributed by atoms with van der Waals surface area (Å²) >= 11 is 0. The molecule has 1 aromatic carbocycles. The topological polar surface area (TPSA) is 17.0 Å². The Morgan fingerprint density at radius 1 is 1.26 bits per heavy atom. The van der Waals surface area contributed by atoms with Crippen molar-refractivity contribution < 1.29 is 0 Å². The van der Waals surface area contributed by atoms with E-state index in [0.717, 1.165) is 25.4 Å². The maximum absolute atomic E-state index is 3.47. The molecule has 0 saturated carbocycles. The first-order chi connectivity index (χ1) is 9.24. The van der Waals surface area contributed by atoms with Crippen LogP contribution >= 0.6 is 0 Å². The van der Waals surface area contributed by atoms with Gasteiger partial charge in [-0.1, -0.05) is 25.1 Å². The Morgan fingerprint density at radius 3 is 2.68 bits per heavy atom. The van der Waals surface area contributed by atoms with Gasteiger partial charge >= 0.3 is 0 Å². The standard InChI is InChI=1S/C17H24N2/c1-4-13-6-5-7-15-12(2)16(19(3)17(13)15)14-8-10-18-11-9-14/h5-7,14,18H,4,8-11H2,1-3H3. The van der Waals surface area contributed by atoms with Gasteiger partial charge in [0.1, 0.15) is 0 Å². The van der Waals surface area contributed by atoms with Crippen molar-refractivity contribution in [2.45, 2.75) is 39.0 Å². The predicted molar refractivity (Wildman–Crippen MR) is 81.9 cm³/mol. The zero-order chi connectivity index (χ0) is 13.4. The molecule has 0 aliphatic carbocycles. The van der Waals surface area contributed by atoms with Crippen LogP contribution in [0.3, 0.4) is 0 Å². The van der Waals surface area contributed by atoms with E-state index < -0.39 is 0 Å². The largest absolute Gasteiger partial charge is 0.347 e. The lowest BCUT2D eigenvalue weighted by atomic mass is 9.92. The molecule has 3 rings (SSSR count). The minimum atomic E-state index is 0.725. The first kappa shape index (κ1) is 12.7. The SMILES string of the molecule is CCc1cccc2c(C)c(C3CCNCC3)n(C)c12. The molecule has 0 bridgehead atoms. The van der Waals surface area contributed by atoms with Gasteiger partial charge < -0.3 is 9.88 Å². The molecule has 1 aliphatic heterocycles. The molecular weight excluding hydrogens is 232 g/mol. The molecular formula is C17H24N2. The second kappa shape index (κ2) is 5.01. The Labute approximate surface area is 115 Å². The van der Waals surface area contributed by atoms with E-state index in [1.54, 1.807) is 5.69 Å². The number of benzene rings is 1. The molecule has 0 amide bonds. The molecule has 2 heteroatoms. The summed E-state index contributed by atoms with van der Waals surface area (Å²) in [5.41, 5.74) is 6.00. The predicted octanol–water partition coefficient (Wildman–Crippen LogP) is 3.52. The van der Waals surface area contributed by atoms with Crippen molar-refractivity contribution in [2.75, 3.05) is 13.1 Å². The maximum atomic E-state index is 3.47. The Bertz CT molecular complexity index is 589. The highest BCUT2D eigenvalue weighted by molar-refractivity contribution is 5.88. The van der Waals surface area contributed by atoms with Crippen molar-refractivity contribution >= 4 is 10.9 Å². The zero-order valence-electron chi connectivity index (χ0n) is 12.3. The van der Waals surface area contributed by atoms with Crippen LogP contribution in [0.2, 0.25) is 0 Å². The van der Waals surface area contributed by atoms with Crippen LogP contribution in [0.25, 0.3) is 10.9 Å². The molecule has 0 unspecified atom stereocenters. The van der Waals surface area contributed by atoms with E-state index in [4.69, 9.17) is 0 Å². The first-order valence-electron chi connectivity index (χ1n) is 7.51. The molecule has 1 aliphatic rings. The Balaban J connectivity index is 2.19. The highest BCUT2D eigenvalue weighted by atomic mass is 15.0. The number of fused-ring (bicyclic) bond motifs is 1. The van der Waals surface area contributed by atoms with E-state index in [2.05, 4.69) is 49.0 Å². The van der Waals surface area contributed by atoms with Crippen molar-refractivity contribution in [1.29, 1.82) is 0 Å². The summed E-state index contributed by atoms with van der Waals surface area (Å²) in [6.07, 6.45) is 3.65. The number of aromatic nitrogens is 1. The number of hydrogen-bond acceptors (Lipinski definition) is 1. The third-order valence-corrected chi connectivity index (χ3v) is 4.71. The molecule has 2 nitrogen and oxygen atoms in total. The fraction of sp³-hybridized carbons (Fsp3) is 0.529. The summed E-state index contributed by atoms with van der Waals surface area (Å²) in [7, 11) is 2.26. The van der Waals surface area contributed by atoms with Crippen molar-refractivity contribution in [3.63, 3.8) is 0 Å². The van der Waals surface area contributed by atoms with Crippen LogP contribution < -0.4 is 5.32 Å². The lowest BCUT2D eigenvalue weighted by Crippen LogP contribution is -2.27. The van der Waals surface area contributed by atoms with E-state index in [0.29, 0.717) is 0 Å². The number of nitrogens with one attached hydrogen (secondary N) is 1. The van der Waals surface area contributed by atoms with Gasteiger partial charge in [0, 0.05) is 24.0 Å². The lowest BCUT2D eigenvalue weighted by Gasteiger charge is -2.24. The molecule has 1 N–H and O–H groups in total. The van der Waals surface area contributed by atoms with Crippen LogP contribution in [0.5, 0.6) is 0 Å². The highest BCUT2D eigenvalue weighted by Gasteiger charge is 2.23. The first-order valence-corrected chi connectivity index (χ1v) is 7.51. The number of piperidine rings is 1. The molecule has 1 saturated heterocycles. The molecule has 19 heavy (non-hydrogen) atoms. The van der Waals surface area contributed by atoms with Gasteiger partial charge in [0.25, 0.3) is 0 Å². The van der Waals surface area contributed by atoms with Crippen LogP contribution in [-0.4, -0.2) is 17.7 Å². The summed E-state index contributed by atoms with van der Waals surface area (Å²) in [6.45, 7) is 6.87. The molecule has 0 atom stereocenters. The molecule has 2 heterocycles. The average molecular weight is 256 g/mol. The molecule has 1 fully saturated rings. The smallest absolute Gasteiger partial charge is 0.0515 e. The second-order valence-corrected chi connectivity index (χ2v) is 5.76. The minimum absolute atomic E-state index is 0.725. The van der Waals surface area contributed by atoms with E-state index in [-0.39, 0.29) is 0 Å². The molecule has 2 aromatic rings. The third kappa shape index (κ3) is 1.99. The zero-order valence-corrected chi connectivity index (χ0v) is 12.3. The van der Waals surface area contributed by atoms with E-state index in [1.165, 1.54) is 34.9 Å².